The highest BCUT2D eigenvalue weighted by atomic mass is 32.2. The second kappa shape index (κ2) is 8.84. The molecule has 3 aromatic heterocycles. The van der Waals surface area contributed by atoms with Gasteiger partial charge in [0.15, 0.2) is 0 Å². The van der Waals surface area contributed by atoms with E-state index in [9.17, 15) is 12.8 Å². The maximum absolute atomic E-state index is 14.3. The topological polar surface area (TPSA) is 120 Å². The van der Waals surface area contributed by atoms with Crippen molar-refractivity contribution in [1.29, 1.82) is 0 Å². The van der Waals surface area contributed by atoms with Crippen LogP contribution >= 0.6 is 0 Å². The summed E-state index contributed by atoms with van der Waals surface area (Å²) in [7, 11) is -2.16. The van der Waals surface area contributed by atoms with E-state index in [1.165, 1.54) is 13.8 Å². The van der Waals surface area contributed by atoms with Crippen molar-refractivity contribution >= 4 is 32.6 Å². The molecule has 1 saturated carbocycles. The van der Waals surface area contributed by atoms with E-state index in [1.54, 1.807) is 17.1 Å². The van der Waals surface area contributed by atoms with Crippen LogP contribution in [0.5, 0.6) is 0 Å². The average molecular weight is 539 g/mol. The van der Waals surface area contributed by atoms with Gasteiger partial charge in [-0.15, -0.1) is 10.2 Å². The van der Waals surface area contributed by atoms with Gasteiger partial charge < -0.3 is 5.32 Å². The smallest absolute Gasteiger partial charge is 0.241 e. The van der Waals surface area contributed by atoms with E-state index in [-0.39, 0.29) is 17.5 Å². The largest absolute Gasteiger partial charge is 0.309 e. The van der Waals surface area contributed by atoms with Gasteiger partial charge in [0, 0.05) is 48.2 Å². The Morgan fingerprint density at radius 2 is 1.95 bits per heavy atom. The van der Waals surface area contributed by atoms with Crippen LogP contribution in [-0.4, -0.2) is 50.2 Å². The number of anilines is 2. The molecule has 1 atom stereocenters. The van der Waals surface area contributed by atoms with E-state index in [1.807, 2.05) is 36.9 Å². The summed E-state index contributed by atoms with van der Waals surface area (Å²) in [5, 5.41) is 17.6. The summed E-state index contributed by atoms with van der Waals surface area (Å²) in [4.78, 5) is 4.85. The predicted octanol–water partition coefficient (Wildman–Crippen LogP) is 4.05. The van der Waals surface area contributed by atoms with Crippen LogP contribution in [0.15, 0.2) is 35.6 Å². The first kappa shape index (κ1) is 24.9. The molecule has 0 aliphatic heterocycles. The zero-order chi connectivity index (χ0) is 26.8. The summed E-state index contributed by atoms with van der Waals surface area (Å²) in [5.74, 6) is 1.68. The molecule has 1 aromatic carbocycles. The highest BCUT2D eigenvalue weighted by Gasteiger charge is 2.33. The van der Waals surface area contributed by atoms with Gasteiger partial charge in [-0.3, -0.25) is 14.2 Å². The monoisotopic (exact) mass is 538 g/mol. The number of fused-ring (bicyclic) bond motifs is 3. The van der Waals surface area contributed by atoms with Gasteiger partial charge in [-0.25, -0.2) is 17.5 Å². The van der Waals surface area contributed by atoms with E-state index in [2.05, 4.69) is 25.3 Å². The fraction of sp³-hybridized carbons (Fsp3) is 0.462. The van der Waals surface area contributed by atoms with E-state index < -0.39 is 15.7 Å². The van der Waals surface area contributed by atoms with Crippen molar-refractivity contribution in [3.63, 3.8) is 0 Å². The molecule has 10 nitrogen and oxygen atoms in total. The summed E-state index contributed by atoms with van der Waals surface area (Å²) >= 11 is 0. The number of sulfonamides is 1. The summed E-state index contributed by atoms with van der Waals surface area (Å²) in [6.07, 6.45) is 7.09. The Bertz CT molecular complexity index is 1650. The van der Waals surface area contributed by atoms with Crippen LogP contribution in [0.3, 0.4) is 0 Å². The molecule has 2 aliphatic carbocycles. The molecule has 1 fully saturated rings. The van der Waals surface area contributed by atoms with Gasteiger partial charge in [-0.05, 0) is 69.7 Å². The van der Waals surface area contributed by atoms with Crippen molar-refractivity contribution in [3.8, 4) is 0 Å². The Kier molecular flexibility index (Phi) is 5.80. The highest BCUT2D eigenvalue weighted by molar-refractivity contribution is 7.89. The number of nitrogens with one attached hydrogen (secondary N) is 2. The second-order valence-corrected chi connectivity index (χ2v) is 12.7. The Balaban J connectivity index is 1.46. The van der Waals surface area contributed by atoms with E-state index in [0.29, 0.717) is 17.3 Å². The van der Waals surface area contributed by atoms with Gasteiger partial charge in [0.25, 0.3) is 0 Å². The van der Waals surface area contributed by atoms with Crippen LogP contribution in [0.4, 0.5) is 16.2 Å². The van der Waals surface area contributed by atoms with Gasteiger partial charge >= 0.3 is 0 Å². The minimum absolute atomic E-state index is 0.150. The van der Waals surface area contributed by atoms with Crippen molar-refractivity contribution in [2.75, 3.05) is 11.9 Å². The fourth-order valence-electron chi connectivity index (χ4n) is 5.25. The molecule has 0 saturated heterocycles. The fourth-order valence-corrected chi connectivity index (χ4v) is 6.68. The van der Waals surface area contributed by atoms with Crippen LogP contribution in [0.2, 0.25) is 0 Å². The molecule has 0 amide bonds. The van der Waals surface area contributed by atoms with Crippen LogP contribution in [-0.2, 0) is 23.5 Å². The summed E-state index contributed by atoms with van der Waals surface area (Å²) in [6, 6.07) is 5.39. The molecule has 200 valence electrons. The number of nitrogens with zero attached hydrogens (tertiary/aromatic N) is 6. The van der Waals surface area contributed by atoms with Crippen LogP contribution in [0, 0.1) is 6.92 Å². The summed E-state index contributed by atoms with van der Waals surface area (Å²) in [5.41, 5.74) is 2.04. The quantitative estimate of drug-likeness (QED) is 0.347. The van der Waals surface area contributed by atoms with Crippen molar-refractivity contribution in [2.45, 2.75) is 69.0 Å². The van der Waals surface area contributed by atoms with Crippen molar-refractivity contribution in [2.24, 2.45) is 7.05 Å². The first-order valence-corrected chi connectivity index (χ1v) is 14.3. The number of halogens is 1. The number of pyridine rings is 1. The van der Waals surface area contributed by atoms with E-state index in [4.69, 9.17) is 4.98 Å². The number of hydrogen-bond acceptors (Lipinski definition) is 7. The van der Waals surface area contributed by atoms with Crippen molar-refractivity contribution in [1.82, 2.24) is 34.3 Å². The minimum Gasteiger partial charge on any atom is -0.309 e. The van der Waals surface area contributed by atoms with Crippen LogP contribution < -0.4 is 10.0 Å². The first-order valence-electron chi connectivity index (χ1n) is 12.8. The number of rotatable bonds is 8. The van der Waals surface area contributed by atoms with Gasteiger partial charge in [0.05, 0.1) is 16.6 Å². The van der Waals surface area contributed by atoms with Crippen LogP contribution in [0.25, 0.3) is 10.8 Å². The molecule has 3 heterocycles. The molecule has 6 rings (SSSR count). The molecular weight excluding hydrogens is 507 g/mol. The van der Waals surface area contributed by atoms with Crippen LogP contribution in [0.1, 0.15) is 67.6 Å². The lowest BCUT2D eigenvalue weighted by Gasteiger charge is -2.20. The van der Waals surface area contributed by atoms with Gasteiger partial charge in [-0.1, -0.05) is 0 Å². The lowest BCUT2D eigenvalue weighted by molar-refractivity contribution is 0.221. The molecule has 38 heavy (non-hydrogen) atoms. The molecular formula is C26H31FN8O2S. The third kappa shape index (κ3) is 4.55. The number of aromatic nitrogens is 6. The number of hydrogen-bond donors (Lipinski definition) is 2. The molecule has 2 aliphatic rings. The maximum atomic E-state index is 14.3. The van der Waals surface area contributed by atoms with Crippen molar-refractivity contribution in [3.05, 3.63) is 53.2 Å². The first-order chi connectivity index (χ1) is 18.0. The molecule has 2 N–H and O–H groups in total. The summed E-state index contributed by atoms with van der Waals surface area (Å²) < 4.78 is 47.6. The molecule has 0 radical (unpaired) electrons. The standard InChI is InChI=1S/C26H31FN8O2S/c1-15-9-24(34(4)33-15)31-25-32-29-14-35(25)22-8-7-17-18(22)11-23(38(36,37)30-13-26(2,3)27)19-10-21(16-5-6-16)28-12-20(17)19/h9-12,14,16,22,30H,5-8,13H2,1-4H3,(H,31,32)/t22-/m1/s1. The third-order valence-electron chi connectivity index (χ3n) is 7.30. The minimum atomic E-state index is -4.00. The van der Waals surface area contributed by atoms with E-state index >= 15 is 0 Å². The predicted molar refractivity (Wildman–Crippen MR) is 142 cm³/mol. The van der Waals surface area contributed by atoms with E-state index in [0.717, 1.165) is 59.4 Å². The zero-order valence-corrected chi connectivity index (χ0v) is 22.7. The molecule has 4 aromatic rings. The number of aryl methyl sites for hydroxylation is 3. The lowest BCUT2D eigenvalue weighted by Crippen LogP contribution is -2.35. The number of alkyl halides is 1. The molecule has 0 unspecified atom stereocenters. The average Bonchev–Trinajstić information content (AvgIpc) is 3.33. The van der Waals surface area contributed by atoms with Crippen molar-refractivity contribution < 1.29 is 12.8 Å². The summed E-state index contributed by atoms with van der Waals surface area (Å²) in [6.45, 7) is 4.30. The Morgan fingerprint density at radius 3 is 2.63 bits per heavy atom. The zero-order valence-electron chi connectivity index (χ0n) is 21.9. The molecule has 12 heteroatoms. The normalized spacial score (nSPS) is 17.8. The van der Waals surface area contributed by atoms with Gasteiger partial charge in [0.2, 0.25) is 16.0 Å². The number of benzene rings is 1. The Hall–Kier alpha value is -3.38. The SMILES string of the molecule is Cc1cc(Nc2nncn2[C@@H]2CCc3c2cc(S(=O)(=O)NCC(C)(C)F)c2cc(C4CC4)ncc32)n(C)n1. The Labute approximate surface area is 220 Å². The lowest BCUT2D eigenvalue weighted by atomic mass is 10.00. The highest BCUT2D eigenvalue weighted by Crippen LogP contribution is 2.44. The second-order valence-electron chi connectivity index (χ2n) is 11.0. The Morgan fingerprint density at radius 1 is 1.16 bits per heavy atom. The maximum Gasteiger partial charge on any atom is 0.241 e. The van der Waals surface area contributed by atoms with Gasteiger partial charge in [-0.2, -0.15) is 5.10 Å². The molecule has 0 bridgehead atoms. The third-order valence-corrected chi connectivity index (χ3v) is 8.74. The van der Waals surface area contributed by atoms with Gasteiger partial charge in [0.1, 0.15) is 17.8 Å². The molecule has 0 spiro atoms.